The molecule has 0 heterocycles. The summed E-state index contributed by atoms with van der Waals surface area (Å²) in [7, 11) is 1.49. The predicted octanol–water partition coefficient (Wildman–Crippen LogP) is 1.47. The fourth-order valence-corrected chi connectivity index (χ4v) is 2.23. The standard InChI is InChI=1S/C11H19NO2/c1-14-10(13)11(6-3-7-11)8-12-9-4-2-5-9/h9,12H,2-8H2,1H3. The summed E-state index contributed by atoms with van der Waals surface area (Å²) >= 11 is 0. The Hall–Kier alpha value is -0.570. The molecule has 14 heavy (non-hydrogen) atoms. The van der Waals surface area contributed by atoms with Crippen molar-refractivity contribution in [2.75, 3.05) is 13.7 Å². The molecule has 2 fully saturated rings. The quantitative estimate of drug-likeness (QED) is 0.694. The lowest BCUT2D eigenvalue weighted by Gasteiger charge is -2.41. The number of hydrogen-bond acceptors (Lipinski definition) is 3. The minimum Gasteiger partial charge on any atom is -0.469 e. The lowest BCUT2D eigenvalue weighted by Crippen LogP contribution is -2.50. The largest absolute Gasteiger partial charge is 0.469 e. The third-order valence-corrected chi connectivity index (χ3v) is 3.76. The van der Waals surface area contributed by atoms with E-state index in [4.69, 9.17) is 4.74 Å². The van der Waals surface area contributed by atoms with E-state index in [1.54, 1.807) is 0 Å². The molecule has 0 unspecified atom stereocenters. The van der Waals surface area contributed by atoms with Gasteiger partial charge in [-0.15, -0.1) is 0 Å². The summed E-state index contributed by atoms with van der Waals surface area (Å²) in [5, 5.41) is 3.48. The van der Waals surface area contributed by atoms with Gasteiger partial charge in [0, 0.05) is 12.6 Å². The molecule has 1 N–H and O–H groups in total. The molecule has 0 aromatic heterocycles. The van der Waals surface area contributed by atoms with Gasteiger partial charge >= 0.3 is 5.97 Å². The van der Waals surface area contributed by atoms with E-state index in [1.807, 2.05) is 0 Å². The van der Waals surface area contributed by atoms with Crippen molar-refractivity contribution in [2.45, 2.75) is 44.6 Å². The number of nitrogens with one attached hydrogen (secondary N) is 1. The van der Waals surface area contributed by atoms with Crippen LogP contribution in [0.3, 0.4) is 0 Å². The van der Waals surface area contributed by atoms with Crippen LogP contribution in [0.4, 0.5) is 0 Å². The van der Waals surface area contributed by atoms with Crippen LogP contribution >= 0.6 is 0 Å². The Morgan fingerprint density at radius 2 is 2.14 bits per heavy atom. The van der Waals surface area contributed by atoms with Crippen molar-refractivity contribution in [3.05, 3.63) is 0 Å². The summed E-state index contributed by atoms with van der Waals surface area (Å²) in [5.74, 6) is -0.0180. The van der Waals surface area contributed by atoms with Crippen LogP contribution in [0.5, 0.6) is 0 Å². The van der Waals surface area contributed by atoms with Gasteiger partial charge in [0.25, 0.3) is 0 Å². The molecule has 3 nitrogen and oxygen atoms in total. The van der Waals surface area contributed by atoms with Crippen LogP contribution in [0, 0.1) is 5.41 Å². The van der Waals surface area contributed by atoms with Gasteiger partial charge in [-0.1, -0.05) is 12.8 Å². The number of hydrogen-bond donors (Lipinski definition) is 1. The Kier molecular flexibility index (Phi) is 2.77. The summed E-state index contributed by atoms with van der Waals surface area (Å²) in [6.07, 6.45) is 7.05. The van der Waals surface area contributed by atoms with Gasteiger partial charge in [-0.2, -0.15) is 0 Å². The molecular weight excluding hydrogens is 178 g/mol. The molecule has 0 bridgehead atoms. The van der Waals surface area contributed by atoms with E-state index < -0.39 is 0 Å². The number of methoxy groups -OCH3 is 1. The Morgan fingerprint density at radius 1 is 1.43 bits per heavy atom. The van der Waals surface area contributed by atoms with Crippen molar-refractivity contribution in [3.8, 4) is 0 Å². The van der Waals surface area contributed by atoms with Crippen molar-refractivity contribution in [1.82, 2.24) is 5.32 Å². The number of esters is 1. The molecule has 2 saturated carbocycles. The first-order valence-electron chi connectivity index (χ1n) is 5.59. The van der Waals surface area contributed by atoms with E-state index in [0.29, 0.717) is 6.04 Å². The van der Waals surface area contributed by atoms with Crippen LogP contribution in [0.2, 0.25) is 0 Å². The molecule has 2 aliphatic rings. The average Bonchev–Trinajstić information content (AvgIpc) is 2.05. The van der Waals surface area contributed by atoms with Gasteiger partial charge in [0.05, 0.1) is 12.5 Å². The van der Waals surface area contributed by atoms with Gasteiger partial charge in [0.2, 0.25) is 0 Å². The maximum absolute atomic E-state index is 11.6. The zero-order valence-electron chi connectivity index (χ0n) is 8.84. The summed E-state index contributed by atoms with van der Waals surface area (Å²) in [5.41, 5.74) is -0.176. The normalized spacial score (nSPS) is 24.9. The molecule has 0 aliphatic heterocycles. The molecule has 0 amide bonds. The highest BCUT2D eigenvalue weighted by Crippen LogP contribution is 2.41. The van der Waals surface area contributed by atoms with E-state index >= 15 is 0 Å². The first-order valence-corrected chi connectivity index (χ1v) is 5.59. The average molecular weight is 197 g/mol. The Balaban J connectivity index is 1.82. The number of rotatable bonds is 4. The lowest BCUT2D eigenvalue weighted by atomic mass is 9.68. The molecule has 2 rings (SSSR count). The molecule has 0 atom stereocenters. The fraction of sp³-hybridized carbons (Fsp3) is 0.909. The molecule has 80 valence electrons. The van der Waals surface area contributed by atoms with Gasteiger partial charge in [0.15, 0.2) is 0 Å². The zero-order valence-corrected chi connectivity index (χ0v) is 8.84. The molecule has 0 saturated heterocycles. The van der Waals surface area contributed by atoms with Gasteiger partial charge in [-0.3, -0.25) is 4.79 Å². The highest BCUT2D eigenvalue weighted by Gasteiger charge is 2.45. The Bertz CT molecular complexity index is 219. The second-order valence-electron chi connectivity index (χ2n) is 4.63. The van der Waals surface area contributed by atoms with E-state index in [-0.39, 0.29) is 11.4 Å². The van der Waals surface area contributed by atoms with E-state index in [0.717, 1.165) is 19.4 Å². The van der Waals surface area contributed by atoms with Gasteiger partial charge < -0.3 is 10.1 Å². The van der Waals surface area contributed by atoms with Crippen LogP contribution in [-0.2, 0) is 9.53 Å². The summed E-state index contributed by atoms with van der Waals surface area (Å²) in [6, 6.07) is 0.664. The van der Waals surface area contributed by atoms with Crippen LogP contribution in [0.25, 0.3) is 0 Å². The number of carbonyl (C=O) groups is 1. The lowest BCUT2D eigenvalue weighted by molar-refractivity contribution is -0.158. The van der Waals surface area contributed by atoms with Crippen molar-refractivity contribution < 1.29 is 9.53 Å². The minimum absolute atomic E-state index is 0.0180. The smallest absolute Gasteiger partial charge is 0.313 e. The molecule has 0 aromatic rings. The van der Waals surface area contributed by atoms with Crippen molar-refractivity contribution >= 4 is 5.97 Å². The molecular formula is C11H19NO2. The number of carbonyl (C=O) groups excluding carboxylic acids is 1. The van der Waals surface area contributed by atoms with E-state index in [9.17, 15) is 4.79 Å². The summed E-state index contributed by atoms with van der Waals surface area (Å²) in [6.45, 7) is 0.824. The third-order valence-electron chi connectivity index (χ3n) is 3.76. The molecule has 2 aliphatic carbocycles. The van der Waals surface area contributed by atoms with Gasteiger partial charge in [0.1, 0.15) is 0 Å². The molecule has 0 spiro atoms. The Labute approximate surface area is 85.2 Å². The minimum atomic E-state index is -0.176. The second kappa shape index (κ2) is 3.89. The van der Waals surface area contributed by atoms with E-state index in [1.165, 1.54) is 32.8 Å². The topological polar surface area (TPSA) is 38.3 Å². The number of ether oxygens (including phenoxy) is 1. The monoisotopic (exact) mass is 197 g/mol. The molecule has 0 radical (unpaired) electrons. The summed E-state index contributed by atoms with van der Waals surface area (Å²) < 4.78 is 4.86. The van der Waals surface area contributed by atoms with Crippen molar-refractivity contribution in [3.63, 3.8) is 0 Å². The summed E-state index contributed by atoms with van der Waals surface area (Å²) in [4.78, 5) is 11.6. The van der Waals surface area contributed by atoms with Crippen molar-refractivity contribution in [1.29, 1.82) is 0 Å². The van der Waals surface area contributed by atoms with Gasteiger partial charge in [-0.25, -0.2) is 0 Å². The highest BCUT2D eigenvalue weighted by atomic mass is 16.5. The third kappa shape index (κ3) is 1.65. The van der Waals surface area contributed by atoms with Crippen LogP contribution in [-0.4, -0.2) is 25.7 Å². The Morgan fingerprint density at radius 3 is 2.50 bits per heavy atom. The second-order valence-corrected chi connectivity index (χ2v) is 4.63. The molecule has 3 heteroatoms. The predicted molar refractivity (Wildman–Crippen MR) is 53.9 cm³/mol. The van der Waals surface area contributed by atoms with Crippen LogP contribution in [0.1, 0.15) is 38.5 Å². The highest BCUT2D eigenvalue weighted by molar-refractivity contribution is 5.78. The first-order chi connectivity index (χ1) is 6.77. The van der Waals surface area contributed by atoms with Crippen molar-refractivity contribution in [2.24, 2.45) is 5.41 Å². The SMILES string of the molecule is COC(=O)C1(CNC2CCC2)CCC1. The van der Waals surface area contributed by atoms with Crippen LogP contribution in [0.15, 0.2) is 0 Å². The van der Waals surface area contributed by atoms with Gasteiger partial charge in [-0.05, 0) is 25.7 Å². The van der Waals surface area contributed by atoms with E-state index in [2.05, 4.69) is 5.32 Å². The maximum Gasteiger partial charge on any atom is 0.313 e. The zero-order chi connectivity index (χ0) is 10.0. The fourth-order valence-electron chi connectivity index (χ4n) is 2.23. The van der Waals surface area contributed by atoms with Crippen LogP contribution < -0.4 is 5.32 Å². The molecule has 0 aromatic carbocycles. The maximum atomic E-state index is 11.6. The first kappa shape index (κ1) is 9.97.